The van der Waals surface area contributed by atoms with E-state index in [1.165, 1.54) is 12.8 Å². The second kappa shape index (κ2) is 7.97. The molecule has 0 aromatic rings. The van der Waals surface area contributed by atoms with E-state index in [9.17, 15) is 19.8 Å². The molecular formula is C30H50O4. The van der Waals surface area contributed by atoms with Gasteiger partial charge in [-0.3, -0.25) is 9.59 Å². The quantitative estimate of drug-likeness (QED) is 0.426. The molecule has 0 aliphatic heterocycles. The molecule has 4 saturated carbocycles. The zero-order chi connectivity index (χ0) is 25.4. The summed E-state index contributed by atoms with van der Waals surface area (Å²) >= 11 is 0. The fourth-order valence-electron chi connectivity index (χ4n) is 10.6. The summed E-state index contributed by atoms with van der Waals surface area (Å²) in [6.07, 6.45) is 11.4. The molecule has 0 radical (unpaired) electrons. The molecule has 0 bridgehead atoms. The maximum Gasteiger partial charge on any atom is 0.309 e. The smallest absolute Gasteiger partial charge is 0.309 e. The lowest BCUT2D eigenvalue weighted by Gasteiger charge is -2.73. The van der Waals surface area contributed by atoms with Crippen LogP contribution < -0.4 is 0 Å². The van der Waals surface area contributed by atoms with Crippen LogP contribution in [0.3, 0.4) is 0 Å². The monoisotopic (exact) mass is 474 g/mol. The molecule has 0 unspecified atom stereocenters. The van der Waals surface area contributed by atoms with Crippen LogP contribution in [-0.4, -0.2) is 22.2 Å². The van der Waals surface area contributed by atoms with E-state index in [0.717, 1.165) is 57.8 Å². The van der Waals surface area contributed by atoms with Crippen LogP contribution in [0, 0.1) is 50.2 Å². The molecule has 0 aromatic heterocycles. The third kappa shape index (κ3) is 3.43. The van der Waals surface area contributed by atoms with Gasteiger partial charge in [0.25, 0.3) is 0 Å². The highest BCUT2D eigenvalue weighted by Crippen LogP contribution is 2.77. The second-order valence-electron chi connectivity index (χ2n) is 14.8. The molecule has 0 saturated heterocycles. The minimum atomic E-state index is -0.676. The van der Waals surface area contributed by atoms with Crippen LogP contribution in [0.4, 0.5) is 0 Å². The lowest BCUT2D eigenvalue weighted by molar-refractivity contribution is -0.254. The zero-order valence-corrected chi connectivity index (χ0v) is 22.9. The SMILES string of the molecule is CC[C@@]1(C)CC[C@H]2[C@@](C)(CC[C@@]3(C)[C@@H]4CC(C)(C)CC[C@]4(C(=O)O)CC[C@]23C)[C@@H]1CCC(=O)O. The molecule has 2 N–H and O–H groups in total. The van der Waals surface area contributed by atoms with Crippen molar-refractivity contribution in [1.29, 1.82) is 0 Å². The molecule has 4 rings (SSSR count). The number of hydrogen-bond acceptors (Lipinski definition) is 2. The van der Waals surface area contributed by atoms with Crippen molar-refractivity contribution in [2.24, 2.45) is 50.2 Å². The van der Waals surface area contributed by atoms with E-state index in [4.69, 9.17) is 0 Å². The summed E-state index contributed by atoms with van der Waals surface area (Å²) in [6, 6.07) is 0. The number of carboxylic acid groups (broad SMARTS) is 2. The average Bonchev–Trinajstić information content (AvgIpc) is 2.74. The molecule has 8 atom stereocenters. The summed E-state index contributed by atoms with van der Waals surface area (Å²) in [4.78, 5) is 24.5. The summed E-state index contributed by atoms with van der Waals surface area (Å²) in [5, 5.41) is 20.1. The van der Waals surface area contributed by atoms with E-state index in [2.05, 4.69) is 48.5 Å². The predicted molar refractivity (Wildman–Crippen MR) is 135 cm³/mol. The molecule has 4 fully saturated rings. The largest absolute Gasteiger partial charge is 0.481 e. The van der Waals surface area contributed by atoms with Gasteiger partial charge in [-0.15, -0.1) is 0 Å². The number of carbonyl (C=O) groups is 2. The van der Waals surface area contributed by atoms with Crippen molar-refractivity contribution in [2.75, 3.05) is 0 Å². The number of hydrogen-bond donors (Lipinski definition) is 2. The molecule has 4 nitrogen and oxygen atoms in total. The highest BCUT2D eigenvalue weighted by molar-refractivity contribution is 5.76. The van der Waals surface area contributed by atoms with Gasteiger partial charge in [0.05, 0.1) is 5.41 Å². The Kier molecular flexibility index (Phi) is 6.10. The number of rotatable bonds is 5. The molecule has 0 spiro atoms. The summed E-state index contributed by atoms with van der Waals surface area (Å²) in [6.45, 7) is 16.9. The van der Waals surface area contributed by atoms with Crippen LogP contribution in [0.5, 0.6) is 0 Å². The van der Waals surface area contributed by atoms with Crippen LogP contribution in [0.15, 0.2) is 0 Å². The zero-order valence-electron chi connectivity index (χ0n) is 22.9. The van der Waals surface area contributed by atoms with Gasteiger partial charge in [-0.1, -0.05) is 54.9 Å². The number of fused-ring (bicyclic) bond motifs is 5. The Hall–Kier alpha value is -1.06. The van der Waals surface area contributed by atoms with E-state index in [1.807, 2.05) is 0 Å². The van der Waals surface area contributed by atoms with Crippen LogP contribution in [-0.2, 0) is 9.59 Å². The van der Waals surface area contributed by atoms with Crippen molar-refractivity contribution in [2.45, 2.75) is 126 Å². The first-order valence-corrected chi connectivity index (χ1v) is 14.1. The first-order chi connectivity index (χ1) is 15.6. The molecule has 0 amide bonds. The Labute approximate surface area is 207 Å². The van der Waals surface area contributed by atoms with Crippen molar-refractivity contribution in [3.8, 4) is 0 Å². The van der Waals surface area contributed by atoms with Crippen LogP contribution in [0.25, 0.3) is 0 Å². The molecule has 194 valence electrons. The summed E-state index contributed by atoms with van der Waals surface area (Å²) in [5.41, 5.74) is 0.0729. The minimum absolute atomic E-state index is 0.0167. The Balaban J connectivity index is 1.77. The first kappa shape index (κ1) is 26.0. The summed E-state index contributed by atoms with van der Waals surface area (Å²) in [7, 11) is 0. The van der Waals surface area contributed by atoms with E-state index in [1.54, 1.807) is 0 Å². The van der Waals surface area contributed by atoms with Gasteiger partial charge in [0.2, 0.25) is 0 Å². The molecule has 4 heteroatoms. The van der Waals surface area contributed by atoms with Gasteiger partial charge in [-0.25, -0.2) is 0 Å². The van der Waals surface area contributed by atoms with Gasteiger partial charge in [-0.05, 0) is 109 Å². The maximum absolute atomic E-state index is 12.9. The second-order valence-corrected chi connectivity index (χ2v) is 14.8. The van der Waals surface area contributed by atoms with Gasteiger partial charge >= 0.3 is 11.9 Å². The topological polar surface area (TPSA) is 74.6 Å². The van der Waals surface area contributed by atoms with Gasteiger partial charge in [0, 0.05) is 6.42 Å². The van der Waals surface area contributed by atoms with Crippen molar-refractivity contribution in [3.05, 3.63) is 0 Å². The van der Waals surface area contributed by atoms with E-state index >= 15 is 0 Å². The average molecular weight is 475 g/mol. The van der Waals surface area contributed by atoms with Crippen molar-refractivity contribution < 1.29 is 19.8 Å². The molecule has 4 aliphatic rings. The van der Waals surface area contributed by atoms with E-state index < -0.39 is 17.4 Å². The van der Waals surface area contributed by atoms with Crippen LogP contribution in [0.2, 0.25) is 0 Å². The normalized spacial score (nSPS) is 49.9. The first-order valence-electron chi connectivity index (χ1n) is 14.1. The van der Waals surface area contributed by atoms with Crippen LogP contribution >= 0.6 is 0 Å². The lowest BCUT2D eigenvalue weighted by atomic mass is 9.30. The lowest BCUT2D eigenvalue weighted by Crippen LogP contribution is -2.68. The fraction of sp³-hybridized carbons (Fsp3) is 0.933. The minimum Gasteiger partial charge on any atom is -0.481 e. The molecule has 34 heavy (non-hydrogen) atoms. The Morgan fingerprint density at radius 3 is 1.97 bits per heavy atom. The fourth-order valence-corrected chi connectivity index (χ4v) is 10.6. The predicted octanol–water partition coefficient (Wildman–Crippen LogP) is 7.80. The Morgan fingerprint density at radius 1 is 0.794 bits per heavy atom. The summed E-state index contributed by atoms with van der Waals surface area (Å²) < 4.78 is 0. The molecular weight excluding hydrogens is 424 g/mol. The van der Waals surface area contributed by atoms with E-state index in [-0.39, 0.29) is 39.4 Å². The third-order valence-corrected chi connectivity index (χ3v) is 13.1. The standard InChI is InChI=1S/C30H50O4/c1-8-26(4)12-11-21-27(5,20(26)9-10-23(31)32)14-15-29(7)22-19-25(2,3)13-17-30(22,24(33)34)18-16-28(21,29)6/h20-22H,8-19H2,1-7H3,(H,31,32)(H,33,34)/t20-,21+,22+,26+,27+,28-,29+,30+/m1/s1. The Morgan fingerprint density at radius 2 is 1.38 bits per heavy atom. The number of carboxylic acids is 2. The maximum atomic E-state index is 12.9. The van der Waals surface area contributed by atoms with Crippen molar-refractivity contribution >= 4 is 11.9 Å². The summed E-state index contributed by atoms with van der Waals surface area (Å²) in [5.74, 6) is -0.0544. The van der Waals surface area contributed by atoms with Crippen LogP contribution in [0.1, 0.15) is 126 Å². The van der Waals surface area contributed by atoms with Crippen molar-refractivity contribution in [3.63, 3.8) is 0 Å². The highest BCUT2D eigenvalue weighted by atomic mass is 16.4. The van der Waals surface area contributed by atoms with Gasteiger partial charge in [-0.2, -0.15) is 0 Å². The van der Waals surface area contributed by atoms with Gasteiger partial charge in [0.15, 0.2) is 0 Å². The Bertz CT molecular complexity index is 849. The number of aliphatic carboxylic acids is 2. The molecule has 4 aliphatic carbocycles. The van der Waals surface area contributed by atoms with Crippen molar-refractivity contribution in [1.82, 2.24) is 0 Å². The van der Waals surface area contributed by atoms with Gasteiger partial charge < -0.3 is 10.2 Å². The third-order valence-electron chi connectivity index (χ3n) is 13.1. The highest BCUT2D eigenvalue weighted by Gasteiger charge is 2.71. The van der Waals surface area contributed by atoms with E-state index in [0.29, 0.717) is 11.8 Å². The van der Waals surface area contributed by atoms with Gasteiger partial charge in [0.1, 0.15) is 0 Å². The molecule has 0 heterocycles. The molecule has 0 aromatic carbocycles.